The highest BCUT2D eigenvalue weighted by atomic mass is 16.5. The summed E-state index contributed by atoms with van der Waals surface area (Å²) in [6, 6.07) is 18.2. The van der Waals surface area contributed by atoms with E-state index >= 15 is 0 Å². The number of hydrogen-bond acceptors (Lipinski definition) is 5. The molecular formula is C22H24N4O2. The number of benzene rings is 2. The minimum atomic E-state index is -0.0718. The van der Waals surface area contributed by atoms with Crippen LogP contribution in [0.3, 0.4) is 0 Å². The molecule has 2 N–H and O–H groups in total. The summed E-state index contributed by atoms with van der Waals surface area (Å²) in [5.74, 6) is 2.30. The first-order chi connectivity index (χ1) is 13.8. The van der Waals surface area contributed by atoms with Crippen molar-refractivity contribution in [2.75, 3.05) is 18.5 Å². The highest BCUT2D eigenvalue weighted by molar-refractivity contribution is 5.77. The Kier molecular flexibility index (Phi) is 5.39. The lowest BCUT2D eigenvalue weighted by atomic mass is 10.0. The van der Waals surface area contributed by atoms with Crippen molar-refractivity contribution in [1.82, 2.24) is 14.8 Å². The van der Waals surface area contributed by atoms with Gasteiger partial charge in [0.1, 0.15) is 11.8 Å². The fourth-order valence-electron chi connectivity index (χ4n) is 3.33. The van der Waals surface area contributed by atoms with Crippen LogP contribution < -0.4 is 10.1 Å². The number of allylic oxidation sites excluding steroid dienone is 1. The summed E-state index contributed by atoms with van der Waals surface area (Å²) in [4.78, 5) is 4.65. The number of anilines is 1. The summed E-state index contributed by atoms with van der Waals surface area (Å²) >= 11 is 0. The topological polar surface area (TPSA) is 72.2 Å². The van der Waals surface area contributed by atoms with Gasteiger partial charge in [0.2, 0.25) is 5.95 Å². The van der Waals surface area contributed by atoms with Crippen molar-refractivity contribution in [3.05, 3.63) is 77.6 Å². The second-order valence-corrected chi connectivity index (χ2v) is 6.64. The molecule has 0 radical (unpaired) electrons. The van der Waals surface area contributed by atoms with Crippen molar-refractivity contribution < 1.29 is 9.84 Å². The molecule has 2 aromatic carbocycles. The minimum Gasteiger partial charge on any atom is -0.494 e. The molecule has 0 bridgehead atoms. The van der Waals surface area contributed by atoms with Gasteiger partial charge in [-0.3, -0.25) is 0 Å². The maximum absolute atomic E-state index is 9.12. The lowest BCUT2D eigenvalue weighted by Gasteiger charge is -2.24. The number of rotatable bonds is 7. The molecule has 144 valence electrons. The van der Waals surface area contributed by atoms with Gasteiger partial charge >= 0.3 is 0 Å². The molecule has 0 aliphatic carbocycles. The predicted octanol–water partition coefficient (Wildman–Crippen LogP) is 3.66. The zero-order valence-electron chi connectivity index (χ0n) is 15.9. The van der Waals surface area contributed by atoms with Gasteiger partial charge in [-0.2, -0.15) is 10.1 Å². The van der Waals surface area contributed by atoms with Gasteiger partial charge in [0.05, 0.1) is 6.61 Å². The number of nitrogens with zero attached hydrogens (tertiary/aromatic N) is 3. The van der Waals surface area contributed by atoms with Crippen LogP contribution in [-0.2, 0) is 6.42 Å². The number of aliphatic hydroxyl groups excluding tert-OH is 1. The number of aryl methyl sites for hydroxylation is 1. The molecule has 3 aromatic rings. The average Bonchev–Trinajstić information content (AvgIpc) is 3.16. The van der Waals surface area contributed by atoms with Crippen molar-refractivity contribution in [2.24, 2.45) is 0 Å². The molecule has 0 spiro atoms. The van der Waals surface area contributed by atoms with Crippen LogP contribution in [0.2, 0.25) is 0 Å². The maximum Gasteiger partial charge on any atom is 0.226 e. The van der Waals surface area contributed by atoms with Crippen LogP contribution in [0.1, 0.15) is 36.3 Å². The molecule has 0 saturated heterocycles. The van der Waals surface area contributed by atoms with Gasteiger partial charge in [-0.05, 0) is 42.7 Å². The Balaban J connectivity index is 1.72. The molecule has 28 heavy (non-hydrogen) atoms. The van der Waals surface area contributed by atoms with Gasteiger partial charge in [-0.15, -0.1) is 0 Å². The van der Waals surface area contributed by atoms with Gasteiger partial charge in [0, 0.05) is 18.7 Å². The quantitative estimate of drug-likeness (QED) is 0.658. The van der Waals surface area contributed by atoms with Gasteiger partial charge in [-0.1, -0.05) is 42.5 Å². The second-order valence-electron chi connectivity index (χ2n) is 6.64. The Labute approximate surface area is 164 Å². The van der Waals surface area contributed by atoms with Gasteiger partial charge in [-0.25, -0.2) is 4.68 Å². The molecule has 6 nitrogen and oxygen atoms in total. The number of fused-ring (bicyclic) bond motifs is 1. The Morgan fingerprint density at radius 2 is 1.89 bits per heavy atom. The molecule has 0 saturated carbocycles. The summed E-state index contributed by atoms with van der Waals surface area (Å²) < 4.78 is 7.48. The van der Waals surface area contributed by atoms with E-state index < -0.39 is 0 Å². The number of nitrogens with one attached hydrogen (secondary N) is 1. The molecule has 0 fully saturated rings. The number of aliphatic hydroxyl groups is 1. The van der Waals surface area contributed by atoms with Crippen molar-refractivity contribution in [1.29, 1.82) is 0 Å². The molecule has 2 heterocycles. The first-order valence-electron chi connectivity index (χ1n) is 9.62. The number of aromatic nitrogens is 3. The molecule has 0 unspecified atom stereocenters. The number of hydrogen-bond donors (Lipinski definition) is 2. The molecule has 1 aliphatic heterocycles. The van der Waals surface area contributed by atoms with Crippen molar-refractivity contribution in [3.63, 3.8) is 0 Å². The third-order valence-electron chi connectivity index (χ3n) is 4.69. The van der Waals surface area contributed by atoms with Crippen LogP contribution in [0, 0.1) is 0 Å². The molecule has 4 rings (SSSR count). The van der Waals surface area contributed by atoms with E-state index in [1.165, 1.54) is 0 Å². The Morgan fingerprint density at radius 3 is 2.61 bits per heavy atom. The van der Waals surface area contributed by atoms with E-state index in [-0.39, 0.29) is 12.6 Å². The maximum atomic E-state index is 9.12. The fraction of sp³-hybridized carbons (Fsp3) is 0.273. The summed E-state index contributed by atoms with van der Waals surface area (Å²) in [6.07, 6.45) is 3.47. The number of ether oxygens (including phenoxy) is 1. The van der Waals surface area contributed by atoms with Gasteiger partial charge in [0.15, 0.2) is 5.82 Å². The Bertz CT molecular complexity index is 948. The van der Waals surface area contributed by atoms with Crippen LogP contribution in [0.4, 0.5) is 5.95 Å². The molecule has 1 aromatic heterocycles. The van der Waals surface area contributed by atoms with E-state index in [2.05, 4.69) is 45.7 Å². The fourth-order valence-corrected chi connectivity index (χ4v) is 3.33. The molecule has 1 atom stereocenters. The monoisotopic (exact) mass is 376 g/mol. The normalized spacial score (nSPS) is 15.5. The molecule has 0 amide bonds. The van der Waals surface area contributed by atoms with Crippen LogP contribution in [0.5, 0.6) is 5.75 Å². The van der Waals surface area contributed by atoms with E-state index in [9.17, 15) is 0 Å². The van der Waals surface area contributed by atoms with Crippen LogP contribution in [0.15, 0.2) is 60.7 Å². The van der Waals surface area contributed by atoms with Crippen LogP contribution >= 0.6 is 0 Å². The van der Waals surface area contributed by atoms with Gasteiger partial charge in [0.25, 0.3) is 0 Å². The molecular weight excluding hydrogens is 352 g/mol. The SMILES string of the molecule is CCOc1ccc([C@H]2C=C(c3ccccc3)Nc3nc(CCCO)nn32)cc1. The Hall–Kier alpha value is -3.12. The zero-order chi connectivity index (χ0) is 19.3. The standard InChI is InChI=1S/C22H24N4O2/c1-2-28-18-12-10-17(11-13-18)20-15-19(16-7-4-3-5-8-16)23-22-24-21(9-6-14-27)25-26(20)22/h3-5,7-8,10-13,15,20,27H,2,6,9,14H2,1H3,(H,23,24,25)/t20-/m1/s1. The van der Waals surface area contributed by atoms with Crippen molar-refractivity contribution in [3.8, 4) is 5.75 Å². The van der Waals surface area contributed by atoms with E-state index in [1.54, 1.807) is 0 Å². The molecule has 1 aliphatic rings. The summed E-state index contributed by atoms with van der Waals surface area (Å²) in [7, 11) is 0. The van der Waals surface area contributed by atoms with Crippen molar-refractivity contribution in [2.45, 2.75) is 25.8 Å². The van der Waals surface area contributed by atoms with E-state index in [0.717, 1.165) is 28.4 Å². The van der Waals surface area contributed by atoms with Crippen LogP contribution in [-0.4, -0.2) is 33.1 Å². The highest BCUT2D eigenvalue weighted by Crippen LogP contribution is 2.33. The first kappa shape index (κ1) is 18.3. The van der Waals surface area contributed by atoms with Crippen molar-refractivity contribution >= 4 is 11.6 Å². The lowest BCUT2D eigenvalue weighted by Crippen LogP contribution is -2.20. The lowest BCUT2D eigenvalue weighted by molar-refractivity contribution is 0.287. The van der Waals surface area contributed by atoms with E-state index in [0.29, 0.717) is 25.4 Å². The third-order valence-corrected chi connectivity index (χ3v) is 4.69. The van der Waals surface area contributed by atoms with Crippen LogP contribution in [0.25, 0.3) is 5.70 Å². The largest absolute Gasteiger partial charge is 0.494 e. The second kappa shape index (κ2) is 8.27. The smallest absolute Gasteiger partial charge is 0.226 e. The zero-order valence-corrected chi connectivity index (χ0v) is 15.9. The van der Waals surface area contributed by atoms with Gasteiger partial charge < -0.3 is 15.2 Å². The average molecular weight is 376 g/mol. The Morgan fingerprint density at radius 1 is 1.11 bits per heavy atom. The van der Waals surface area contributed by atoms with E-state index in [1.807, 2.05) is 41.9 Å². The summed E-state index contributed by atoms with van der Waals surface area (Å²) in [6.45, 7) is 2.75. The summed E-state index contributed by atoms with van der Waals surface area (Å²) in [5.41, 5.74) is 3.22. The highest BCUT2D eigenvalue weighted by Gasteiger charge is 2.25. The molecule has 6 heteroatoms. The first-order valence-corrected chi connectivity index (χ1v) is 9.62. The van der Waals surface area contributed by atoms with E-state index in [4.69, 9.17) is 9.84 Å². The minimum absolute atomic E-state index is 0.0718. The third kappa shape index (κ3) is 3.77. The predicted molar refractivity (Wildman–Crippen MR) is 109 cm³/mol. The summed E-state index contributed by atoms with van der Waals surface area (Å²) in [5, 5.41) is 17.2.